The van der Waals surface area contributed by atoms with Gasteiger partial charge in [-0.25, -0.2) is 0 Å². The molecule has 5 heteroatoms. The van der Waals surface area contributed by atoms with E-state index < -0.39 is 0 Å². The van der Waals surface area contributed by atoms with Crippen molar-refractivity contribution in [1.82, 2.24) is 15.6 Å². The number of amides is 2. The molecule has 5 nitrogen and oxygen atoms in total. The Hall–Kier alpha value is -1.91. The monoisotopic (exact) mass is 305 g/mol. The molecule has 0 unspecified atom stereocenters. The third-order valence-corrected chi connectivity index (χ3v) is 2.58. The van der Waals surface area contributed by atoms with E-state index in [9.17, 15) is 9.59 Å². The van der Waals surface area contributed by atoms with Gasteiger partial charge in [0.2, 0.25) is 11.8 Å². The molecule has 1 rings (SSSR count). The van der Waals surface area contributed by atoms with Gasteiger partial charge in [-0.3, -0.25) is 14.6 Å². The maximum Gasteiger partial charge on any atom is 0.226 e. The van der Waals surface area contributed by atoms with E-state index >= 15 is 0 Å². The molecule has 0 aromatic carbocycles. The number of hydrogen-bond acceptors (Lipinski definition) is 3. The Kier molecular flexibility index (Phi) is 5.69. The number of aromatic nitrogens is 1. The number of rotatable bonds is 4. The predicted octanol–water partition coefficient (Wildman–Crippen LogP) is 2.00. The predicted molar refractivity (Wildman–Crippen MR) is 87.4 cm³/mol. The summed E-state index contributed by atoms with van der Waals surface area (Å²) in [6.45, 7) is 11.6. The first-order chi connectivity index (χ1) is 9.94. The Morgan fingerprint density at radius 2 is 1.23 bits per heavy atom. The third-order valence-electron chi connectivity index (χ3n) is 2.58. The van der Waals surface area contributed by atoms with E-state index in [0.717, 1.165) is 0 Å². The largest absolute Gasteiger partial charge is 0.351 e. The molecular formula is C17H27N3O2. The molecule has 1 heterocycles. The number of hydrogen-bond donors (Lipinski definition) is 2. The molecule has 22 heavy (non-hydrogen) atoms. The fraction of sp³-hybridized carbons (Fsp3) is 0.588. The molecule has 0 fully saturated rings. The summed E-state index contributed by atoms with van der Waals surface area (Å²) in [4.78, 5) is 28.2. The highest BCUT2D eigenvalue weighted by Gasteiger charge is 2.16. The Morgan fingerprint density at radius 3 is 1.55 bits per heavy atom. The molecule has 0 bridgehead atoms. The van der Waals surface area contributed by atoms with Crippen molar-refractivity contribution in [3.63, 3.8) is 0 Å². The standard InChI is InChI=1S/C17H27N3O2/c1-16(2,3)19-14(21)10-12-8-7-9-13(18-12)11-15(22)20-17(4,5)6/h7-9H,10-11H2,1-6H3,(H,19,21)(H,20,22). The Bertz CT molecular complexity index is 494. The van der Waals surface area contributed by atoms with Gasteiger partial charge in [-0.05, 0) is 53.7 Å². The summed E-state index contributed by atoms with van der Waals surface area (Å²) in [6.07, 6.45) is 0.429. The van der Waals surface area contributed by atoms with Crippen molar-refractivity contribution in [3.05, 3.63) is 29.6 Å². The Morgan fingerprint density at radius 1 is 0.864 bits per heavy atom. The summed E-state index contributed by atoms with van der Waals surface area (Å²) in [6, 6.07) is 5.42. The summed E-state index contributed by atoms with van der Waals surface area (Å²) in [5, 5.41) is 5.80. The lowest BCUT2D eigenvalue weighted by atomic mass is 10.1. The van der Waals surface area contributed by atoms with Gasteiger partial charge in [-0.2, -0.15) is 0 Å². The molecule has 2 N–H and O–H groups in total. The van der Waals surface area contributed by atoms with Gasteiger partial charge >= 0.3 is 0 Å². The zero-order chi connectivity index (χ0) is 17.0. The van der Waals surface area contributed by atoms with Crippen LogP contribution in [-0.4, -0.2) is 27.9 Å². The molecule has 0 saturated carbocycles. The Labute approximate surface area is 132 Å². The van der Waals surface area contributed by atoms with Crippen LogP contribution < -0.4 is 10.6 Å². The lowest BCUT2D eigenvalue weighted by Crippen LogP contribution is -2.41. The van der Waals surface area contributed by atoms with Crippen LogP contribution in [0.4, 0.5) is 0 Å². The third kappa shape index (κ3) is 7.76. The Balaban J connectivity index is 2.66. The molecule has 0 aliphatic carbocycles. The zero-order valence-electron chi connectivity index (χ0n) is 14.4. The highest BCUT2D eigenvalue weighted by atomic mass is 16.2. The first kappa shape index (κ1) is 18.1. The van der Waals surface area contributed by atoms with Crippen LogP contribution in [0.1, 0.15) is 52.9 Å². The number of pyridine rings is 1. The van der Waals surface area contributed by atoms with Crippen LogP contribution in [0.25, 0.3) is 0 Å². The smallest absolute Gasteiger partial charge is 0.226 e. The molecule has 0 aliphatic heterocycles. The summed E-state index contributed by atoms with van der Waals surface area (Å²) >= 11 is 0. The van der Waals surface area contributed by atoms with Gasteiger partial charge in [0.05, 0.1) is 12.8 Å². The van der Waals surface area contributed by atoms with Gasteiger partial charge in [0, 0.05) is 22.5 Å². The van der Waals surface area contributed by atoms with E-state index in [4.69, 9.17) is 0 Å². The van der Waals surface area contributed by atoms with Crippen molar-refractivity contribution in [2.75, 3.05) is 0 Å². The SMILES string of the molecule is CC(C)(C)NC(=O)Cc1cccc(CC(=O)NC(C)(C)C)n1. The van der Waals surface area contributed by atoms with Crippen LogP contribution >= 0.6 is 0 Å². The van der Waals surface area contributed by atoms with Gasteiger partial charge in [0.15, 0.2) is 0 Å². The van der Waals surface area contributed by atoms with Crippen LogP contribution in [-0.2, 0) is 22.4 Å². The second-order valence-electron chi connectivity index (χ2n) is 7.57. The first-order valence-electron chi connectivity index (χ1n) is 7.51. The molecular weight excluding hydrogens is 278 g/mol. The molecule has 1 aromatic rings. The van der Waals surface area contributed by atoms with Crippen molar-refractivity contribution in [2.45, 2.75) is 65.5 Å². The van der Waals surface area contributed by atoms with E-state index in [2.05, 4.69) is 15.6 Å². The average molecular weight is 305 g/mol. The van der Waals surface area contributed by atoms with Crippen LogP contribution in [0.2, 0.25) is 0 Å². The quantitative estimate of drug-likeness (QED) is 0.893. The lowest BCUT2D eigenvalue weighted by Gasteiger charge is -2.21. The van der Waals surface area contributed by atoms with Gasteiger partial charge in [0.25, 0.3) is 0 Å². The van der Waals surface area contributed by atoms with Crippen molar-refractivity contribution in [1.29, 1.82) is 0 Å². The molecule has 0 saturated heterocycles. The molecule has 0 radical (unpaired) electrons. The first-order valence-corrected chi connectivity index (χ1v) is 7.51. The minimum absolute atomic E-state index is 0.0729. The van der Waals surface area contributed by atoms with Crippen LogP contribution in [0, 0.1) is 0 Å². The number of nitrogens with zero attached hydrogens (tertiary/aromatic N) is 1. The van der Waals surface area contributed by atoms with Crippen LogP contribution in [0.3, 0.4) is 0 Å². The van der Waals surface area contributed by atoms with E-state index in [-0.39, 0.29) is 35.7 Å². The van der Waals surface area contributed by atoms with Gasteiger partial charge in [-0.15, -0.1) is 0 Å². The summed E-state index contributed by atoms with van der Waals surface area (Å²) in [5.41, 5.74) is 0.813. The molecule has 122 valence electrons. The van der Waals surface area contributed by atoms with Crippen molar-refractivity contribution in [3.8, 4) is 0 Å². The van der Waals surface area contributed by atoms with Gasteiger partial charge in [-0.1, -0.05) is 6.07 Å². The molecule has 0 spiro atoms. The van der Waals surface area contributed by atoms with Crippen LogP contribution in [0.5, 0.6) is 0 Å². The van der Waals surface area contributed by atoms with Gasteiger partial charge in [0.1, 0.15) is 0 Å². The van der Waals surface area contributed by atoms with Crippen LogP contribution in [0.15, 0.2) is 18.2 Å². The molecule has 2 amide bonds. The van der Waals surface area contributed by atoms with Gasteiger partial charge < -0.3 is 10.6 Å². The highest BCUT2D eigenvalue weighted by Crippen LogP contribution is 2.05. The molecule has 1 aromatic heterocycles. The lowest BCUT2D eigenvalue weighted by molar-refractivity contribution is -0.122. The highest BCUT2D eigenvalue weighted by molar-refractivity contribution is 5.79. The summed E-state index contributed by atoms with van der Waals surface area (Å²) in [5.74, 6) is -0.146. The maximum absolute atomic E-state index is 11.9. The van der Waals surface area contributed by atoms with E-state index in [0.29, 0.717) is 11.4 Å². The topological polar surface area (TPSA) is 71.1 Å². The average Bonchev–Trinajstić information content (AvgIpc) is 2.22. The second kappa shape index (κ2) is 6.90. The van der Waals surface area contributed by atoms with E-state index in [1.165, 1.54) is 0 Å². The summed E-state index contributed by atoms with van der Waals surface area (Å²) in [7, 11) is 0. The number of carbonyl (C=O) groups excluding carboxylic acids is 2. The minimum Gasteiger partial charge on any atom is -0.351 e. The molecule has 0 aliphatic rings. The van der Waals surface area contributed by atoms with Crippen molar-refractivity contribution in [2.24, 2.45) is 0 Å². The number of nitrogens with one attached hydrogen (secondary N) is 2. The van der Waals surface area contributed by atoms with E-state index in [1.54, 1.807) is 12.1 Å². The molecule has 0 atom stereocenters. The normalized spacial score (nSPS) is 11.9. The maximum atomic E-state index is 11.9. The van der Waals surface area contributed by atoms with Crippen molar-refractivity contribution >= 4 is 11.8 Å². The fourth-order valence-corrected chi connectivity index (χ4v) is 1.98. The summed E-state index contributed by atoms with van der Waals surface area (Å²) < 4.78 is 0. The van der Waals surface area contributed by atoms with E-state index in [1.807, 2.05) is 47.6 Å². The number of carbonyl (C=O) groups is 2. The minimum atomic E-state index is -0.263. The zero-order valence-corrected chi connectivity index (χ0v) is 14.4. The fourth-order valence-electron chi connectivity index (χ4n) is 1.98. The second-order valence-corrected chi connectivity index (χ2v) is 7.57. The van der Waals surface area contributed by atoms with Crippen molar-refractivity contribution < 1.29 is 9.59 Å².